The normalized spacial score (nSPS) is 15.7. The lowest BCUT2D eigenvalue weighted by Gasteiger charge is -2.32. The zero-order chi connectivity index (χ0) is 23.2. The molecule has 7 nitrogen and oxygen atoms in total. The van der Waals surface area contributed by atoms with Gasteiger partial charge < -0.3 is 20.7 Å². The van der Waals surface area contributed by atoms with Gasteiger partial charge in [0.25, 0.3) is 5.91 Å². The number of benzene rings is 2. The van der Waals surface area contributed by atoms with Gasteiger partial charge in [0.15, 0.2) is 0 Å². The lowest BCUT2D eigenvalue weighted by atomic mass is 9.97. The Hall–Kier alpha value is -3.58. The van der Waals surface area contributed by atoms with Crippen molar-refractivity contribution in [2.45, 2.75) is 19.4 Å². The molecule has 0 saturated carbocycles. The quantitative estimate of drug-likeness (QED) is 0.544. The van der Waals surface area contributed by atoms with Gasteiger partial charge in [0.05, 0.1) is 23.4 Å². The van der Waals surface area contributed by atoms with E-state index in [-0.39, 0.29) is 17.7 Å². The number of pyridine rings is 1. The lowest BCUT2D eigenvalue weighted by Crippen LogP contribution is -2.41. The van der Waals surface area contributed by atoms with E-state index in [1.807, 2.05) is 29.2 Å². The van der Waals surface area contributed by atoms with E-state index in [0.717, 1.165) is 30.8 Å². The molecule has 8 heteroatoms. The number of amides is 2. The molecule has 1 atom stereocenters. The monoisotopic (exact) mass is 464 g/mol. The number of para-hydroxylation sites is 1. The van der Waals surface area contributed by atoms with Gasteiger partial charge in [-0.1, -0.05) is 35.9 Å². The van der Waals surface area contributed by atoms with Crippen LogP contribution in [-0.4, -0.2) is 29.9 Å². The topological polar surface area (TPSA) is 97.6 Å². The molecule has 1 aliphatic rings. The summed E-state index contributed by atoms with van der Waals surface area (Å²) < 4.78 is 5.89. The molecule has 1 aromatic heterocycles. The number of aromatic nitrogens is 1. The van der Waals surface area contributed by atoms with E-state index in [9.17, 15) is 9.59 Å². The standard InChI is InChI=1S/C25H25ClN4O3/c26-19-9-7-17(8-10-19)16-33-22-6-2-1-5-21(22)25(32)29-20-11-12-23(28-14-20)30-13-3-4-18(15-30)24(27)31/h1-2,5-12,14,18H,3-4,13,15-16H2,(H2,27,31)(H,29,32). The van der Waals surface area contributed by atoms with E-state index >= 15 is 0 Å². The maximum Gasteiger partial charge on any atom is 0.259 e. The van der Waals surface area contributed by atoms with Crippen molar-refractivity contribution in [3.05, 3.63) is 83.0 Å². The highest BCUT2D eigenvalue weighted by atomic mass is 35.5. The Kier molecular flexibility index (Phi) is 7.10. The van der Waals surface area contributed by atoms with Crippen LogP contribution in [0, 0.1) is 5.92 Å². The zero-order valence-corrected chi connectivity index (χ0v) is 18.8. The average Bonchev–Trinajstić information content (AvgIpc) is 2.84. The van der Waals surface area contributed by atoms with Gasteiger partial charge in [-0.3, -0.25) is 9.59 Å². The van der Waals surface area contributed by atoms with Gasteiger partial charge in [0.2, 0.25) is 5.91 Å². The van der Waals surface area contributed by atoms with Crippen LogP contribution in [0.5, 0.6) is 5.75 Å². The number of hydrogen-bond acceptors (Lipinski definition) is 5. The minimum atomic E-state index is -0.289. The number of anilines is 2. The number of nitrogens with two attached hydrogens (primary N) is 1. The van der Waals surface area contributed by atoms with Crippen molar-refractivity contribution < 1.29 is 14.3 Å². The van der Waals surface area contributed by atoms with E-state index in [0.29, 0.717) is 35.2 Å². The minimum Gasteiger partial charge on any atom is -0.488 e. The fourth-order valence-electron chi connectivity index (χ4n) is 3.78. The summed E-state index contributed by atoms with van der Waals surface area (Å²) in [4.78, 5) is 30.9. The van der Waals surface area contributed by atoms with Gasteiger partial charge in [0.1, 0.15) is 18.2 Å². The second kappa shape index (κ2) is 10.4. The van der Waals surface area contributed by atoms with Crippen molar-refractivity contribution in [3.63, 3.8) is 0 Å². The molecular formula is C25H25ClN4O3. The van der Waals surface area contributed by atoms with Gasteiger partial charge in [-0.2, -0.15) is 0 Å². The molecule has 2 aromatic carbocycles. The average molecular weight is 465 g/mol. The molecule has 3 aromatic rings. The molecule has 0 radical (unpaired) electrons. The van der Waals surface area contributed by atoms with Crippen LogP contribution in [0.1, 0.15) is 28.8 Å². The minimum absolute atomic E-state index is 0.163. The molecule has 1 saturated heterocycles. The van der Waals surface area contributed by atoms with E-state index in [2.05, 4.69) is 10.3 Å². The molecule has 1 aliphatic heterocycles. The first kappa shape index (κ1) is 22.6. The third-order valence-electron chi connectivity index (χ3n) is 5.59. The Labute approximate surface area is 197 Å². The van der Waals surface area contributed by atoms with Crippen molar-refractivity contribution in [1.29, 1.82) is 0 Å². The fourth-order valence-corrected chi connectivity index (χ4v) is 3.91. The summed E-state index contributed by atoms with van der Waals surface area (Å²) in [7, 11) is 0. The number of nitrogens with one attached hydrogen (secondary N) is 1. The van der Waals surface area contributed by atoms with Crippen LogP contribution in [0.4, 0.5) is 11.5 Å². The van der Waals surface area contributed by atoms with Crippen LogP contribution >= 0.6 is 11.6 Å². The SMILES string of the molecule is NC(=O)C1CCCN(c2ccc(NC(=O)c3ccccc3OCc3ccc(Cl)cc3)cn2)C1. The first-order valence-corrected chi connectivity index (χ1v) is 11.2. The zero-order valence-electron chi connectivity index (χ0n) is 18.0. The Morgan fingerprint density at radius 2 is 1.91 bits per heavy atom. The molecule has 2 amide bonds. The number of hydrogen-bond donors (Lipinski definition) is 2. The van der Waals surface area contributed by atoms with Crippen molar-refractivity contribution in [2.24, 2.45) is 11.7 Å². The van der Waals surface area contributed by atoms with Crippen molar-refractivity contribution in [2.75, 3.05) is 23.3 Å². The van der Waals surface area contributed by atoms with E-state index < -0.39 is 0 Å². The number of ether oxygens (including phenoxy) is 1. The van der Waals surface area contributed by atoms with Crippen LogP contribution in [0.15, 0.2) is 66.9 Å². The number of primary amides is 1. The maximum absolute atomic E-state index is 12.9. The van der Waals surface area contributed by atoms with Crippen LogP contribution < -0.4 is 20.7 Å². The molecule has 1 unspecified atom stereocenters. The van der Waals surface area contributed by atoms with Crippen molar-refractivity contribution in [3.8, 4) is 5.75 Å². The summed E-state index contributed by atoms with van der Waals surface area (Å²) in [5, 5.41) is 3.53. The van der Waals surface area contributed by atoms with Crippen LogP contribution in [0.25, 0.3) is 0 Å². The summed E-state index contributed by atoms with van der Waals surface area (Å²) in [6, 6.07) is 18.1. The highest BCUT2D eigenvalue weighted by Gasteiger charge is 2.24. The molecule has 4 rings (SSSR count). The first-order chi connectivity index (χ1) is 16.0. The number of carbonyl (C=O) groups is 2. The van der Waals surface area contributed by atoms with E-state index in [1.54, 1.807) is 42.6 Å². The van der Waals surface area contributed by atoms with Gasteiger partial charge in [-0.15, -0.1) is 0 Å². The highest BCUT2D eigenvalue weighted by Crippen LogP contribution is 2.24. The molecule has 170 valence electrons. The molecule has 3 N–H and O–H groups in total. The highest BCUT2D eigenvalue weighted by molar-refractivity contribution is 6.30. The molecule has 2 heterocycles. The Bertz CT molecular complexity index is 1120. The van der Waals surface area contributed by atoms with Crippen molar-refractivity contribution >= 4 is 34.9 Å². The van der Waals surface area contributed by atoms with Gasteiger partial charge in [-0.05, 0) is 54.8 Å². The number of carbonyl (C=O) groups excluding carboxylic acids is 2. The lowest BCUT2D eigenvalue weighted by molar-refractivity contribution is -0.122. The van der Waals surface area contributed by atoms with Gasteiger partial charge >= 0.3 is 0 Å². The number of piperidine rings is 1. The predicted molar refractivity (Wildman–Crippen MR) is 129 cm³/mol. The Morgan fingerprint density at radius 1 is 1.12 bits per heavy atom. The predicted octanol–water partition coefficient (Wildman–Crippen LogP) is 4.27. The van der Waals surface area contributed by atoms with Crippen LogP contribution in [0.3, 0.4) is 0 Å². The van der Waals surface area contributed by atoms with Gasteiger partial charge in [0, 0.05) is 18.1 Å². The third-order valence-corrected chi connectivity index (χ3v) is 5.84. The second-order valence-electron chi connectivity index (χ2n) is 7.96. The molecule has 0 aliphatic carbocycles. The summed E-state index contributed by atoms with van der Waals surface area (Å²) >= 11 is 5.93. The summed E-state index contributed by atoms with van der Waals surface area (Å²) in [5.74, 6) is 0.513. The fraction of sp³-hybridized carbons (Fsp3) is 0.240. The summed E-state index contributed by atoms with van der Waals surface area (Å²) in [6.45, 7) is 1.70. The Balaban J connectivity index is 1.40. The third kappa shape index (κ3) is 5.81. The molecule has 33 heavy (non-hydrogen) atoms. The van der Waals surface area contributed by atoms with Crippen LogP contribution in [-0.2, 0) is 11.4 Å². The van der Waals surface area contributed by atoms with Crippen LogP contribution in [0.2, 0.25) is 5.02 Å². The smallest absolute Gasteiger partial charge is 0.259 e. The summed E-state index contributed by atoms with van der Waals surface area (Å²) in [5.41, 5.74) is 7.41. The Morgan fingerprint density at radius 3 is 2.64 bits per heavy atom. The molecule has 1 fully saturated rings. The number of nitrogens with zero attached hydrogens (tertiary/aromatic N) is 2. The second-order valence-corrected chi connectivity index (χ2v) is 8.39. The number of rotatable bonds is 7. The largest absolute Gasteiger partial charge is 0.488 e. The molecule has 0 spiro atoms. The number of halogens is 1. The first-order valence-electron chi connectivity index (χ1n) is 10.8. The van der Waals surface area contributed by atoms with E-state index in [4.69, 9.17) is 22.1 Å². The molecule has 0 bridgehead atoms. The van der Waals surface area contributed by atoms with Gasteiger partial charge in [-0.25, -0.2) is 4.98 Å². The van der Waals surface area contributed by atoms with Crippen molar-refractivity contribution in [1.82, 2.24) is 4.98 Å². The summed E-state index contributed by atoms with van der Waals surface area (Å²) in [6.07, 6.45) is 3.30. The van der Waals surface area contributed by atoms with E-state index in [1.165, 1.54) is 0 Å². The molecular weight excluding hydrogens is 440 g/mol. The maximum atomic E-state index is 12.9.